The summed E-state index contributed by atoms with van der Waals surface area (Å²) >= 11 is 5.93. The number of hydrogen-bond donors (Lipinski definition) is 1. The van der Waals surface area contributed by atoms with Crippen molar-refractivity contribution in [1.29, 1.82) is 0 Å². The third-order valence-electron chi connectivity index (χ3n) is 4.42. The van der Waals surface area contributed by atoms with E-state index in [4.69, 9.17) is 16.3 Å². The molecule has 27 heavy (non-hydrogen) atoms. The fraction of sp³-hybridized carbons (Fsp3) is 0.211. The van der Waals surface area contributed by atoms with Gasteiger partial charge in [-0.25, -0.2) is 9.37 Å². The lowest BCUT2D eigenvalue weighted by Gasteiger charge is -2.27. The number of anilines is 1. The van der Waals surface area contributed by atoms with E-state index in [0.29, 0.717) is 43.2 Å². The zero-order valence-electron chi connectivity index (χ0n) is 14.2. The molecule has 0 radical (unpaired) electrons. The first-order valence-corrected chi connectivity index (χ1v) is 8.73. The van der Waals surface area contributed by atoms with Crippen molar-refractivity contribution in [2.75, 3.05) is 31.2 Å². The van der Waals surface area contributed by atoms with Crippen molar-refractivity contribution in [2.24, 2.45) is 0 Å². The number of aromatic nitrogens is 2. The van der Waals surface area contributed by atoms with E-state index in [1.54, 1.807) is 18.3 Å². The molecule has 1 aromatic heterocycles. The third-order valence-corrected chi connectivity index (χ3v) is 4.81. The predicted octanol–water partition coefficient (Wildman–Crippen LogP) is 3.20. The summed E-state index contributed by atoms with van der Waals surface area (Å²) in [6.45, 7) is 2.66. The van der Waals surface area contributed by atoms with E-state index < -0.39 is 11.6 Å². The molecule has 6 nitrogen and oxygen atoms in total. The number of rotatable bonds is 3. The van der Waals surface area contributed by atoms with Gasteiger partial charge in [0.05, 0.1) is 41.0 Å². The Balaban J connectivity index is 1.74. The molecular formula is C19H15ClFN3O3. The number of phenols is 1. The molecule has 1 aliphatic rings. The second kappa shape index (κ2) is 7.09. The van der Waals surface area contributed by atoms with Gasteiger partial charge in [0.1, 0.15) is 17.4 Å². The van der Waals surface area contributed by atoms with Crippen LogP contribution in [0.4, 0.5) is 10.2 Å². The molecule has 0 amide bonds. The average molecular weight is 388 g/mol. The van der Waals surface area contributed by atoms with Gasteiger partial charge in [-0.15, -0.1) is 0 Å². The highest BCUT2D eigenvalue weighted by atomic mass is 35.5. The van der Waals surface area contributed by atoms with Crippen molar-refractivity contribution >= 4 is 34.2 Å². The van der Waals surface area contributed by atoms with Crippen LogP contribution < -0.4 is 4.90 Å². The molecule has 1 fully saturated rings. The first kappa shape index (κ1) is 17.6. The maximum Gasteiger partial charge on any atom is 0.197 e. The standard InChI is InChI=1S/C19H15ClFN3O3/c20-18-15(25)4-2-12(21)17(18)19(26)11-1-3-13-14(9-11)23-16(10-22-13)24-5-7-27-8-6-24/h1-4,9-10,25H,5-8H2. The van der Waals surface area contributed by atoms with Crippen molar-refractivity contribution < 1.29 is 19.0 Å². The summed E-state index contributed by atoms with van der Waals surface area (Å²) in [5.74, 6) is -1.08. The average Bonchev–Trinajstić information content (AvgIpc) is 2.71. The number of phenolic OH excluding ortho intramolecular Hbond substituents is 1. The lowest BCUT2D eigenvalue weighted by atomic mass is 10.0. The first-order valence-electron chi connectivity index (χ1n) is 8.36. The van der Waals surface area contributed by atoms with E-state index in [1.165, 1.54) is 6.07 Å². The van der Waals surface area contributed by atoms with Crippen LogP contribution in [0, 0.1) is 5.82 Å². The Labute approximate surface area is 159 Å². The Morgan fingerprint density at radius 2 is 1.96 bits per heavy atom. The lowest BCUT2D eigenvalue weighted by molar-refractivity contribution is 0.103. The predicted molar refractivity (Wildman–Crippen MR) is 99.1 cm³/mol. The van der Waals surface area contributed by atoms with E-state index in [-0.39, 0.29) is 21.9 Å². The highest BCUT2D eigenvalue weighted by Gasteiger charge is 2.21. The van der Waals surface area contributed by atoms with Gasteiger partial charge in [-0.3, -0.25) is 9.78 Å². The number of benzene rings is 2. The first-order chi connectivity index (χ1) is 13.0. The van der Waals surface area contributed by atoms with E-state index >= 15 is 0 Å². The van der Waals surface area contributed by atoms with Crippen LogP contribution in [0.3, 0.4) is 0 Å². The third kappa shape index (κ3) is 3.31. The highest BCUT2D eigenvalue weighted by molar-refractivity contribution is 6.36. The number of ether oxygens (including phenoxy) is 1. The summed E-state index contributed by atoms with van der Waals surface area (Å²) in [6.07, 6.45) is 1.68. The van der Waals surface area contributed by atoms with Crippen LogP contribution in [-0.4, -0.2) is 47.2 Å². The fourth-order valence-electron chi connectivity index (χ4n) is 2.98. The second-order valence-electron chi connectivity index (χ2n) is 6.12. The van der Waals surface area contributed by atoms with E-state index in [9.17, 15) is 14.3 Å². The molecule has 0 saturated carbocycles. The van der Waals surface area contributed by atoms with Crippen LogP contribution in [0.1, 0.15) is 15.9 Å². The highest BCUT2D eigenvalue weighted by Crippen LogP contribution is 2.31. The van der Waals surface area contributed by atoms with Crippen LogP contribution >= 0.6 is 11.6 Å². The normalized spacial score (nSPS) is 14.5. The van der Waals surface area contributed by atoms with Gasteiger partial charge in [0.2, 0.25) is 0 Å². The van der Waals surface area contributed by atoms with Gasteiger partial charge in [-0.05, 0) is 30.3 Å². The number of ketones is 1. The van der Waals surface area contributed by atoms with Crippen molar-refractivity contribution in [1.82, 2.24) is 9.97 Å². The molecule has 2 heterocycles. The summed E-state index contributed by atoms with van der Waals surface area (Å²) < 4.78 is 19.5. The largest absolute Gasteiger partial charge is 0.506 e. The summed E-state index contributed by atoms with van der Waals surface area (Å²) in [5, 5.41) is 9.37. The smallest absolute Gasteiger partial charge is 0.197 e. The van der Waals surface area contributed by atoms with Crippen molar-refractivity contribution in [3.05, 3.63) is 58.5 Å². The molecule has 138 valence electrons. The number of carbonyl (C=O) groups excluding carboxylic acids is 1. The van der Waals surface area contributed by atoms with Gasteiger partial charge >= 0.3 is 0 Å². The van der Waals surface area contributed by atoms with Crippen LogP contribution in [-0.2, 0) is 4.74 Å². The number of nitrogens with zero attached hydrogens (tertiary/aromatic N) is 3. The van der Waals surface area contributed by atoms with Gasteiger partial charge < -0.3 is 14.7 Å². The van der Waals surface area contributed by atoms with Crippen molar-refractivity contribution in [2.45, 2.75) is 0 Å². The summed E-state index contributed by atoms with van der Waals surface area (Å²) in [6, 6.07) is 6.84. The zero-order chi connectivity index (χ0) is 19.0. The molecule has 0 unspecified atom stereocenters. The Morgan fingerprint density at radius 3 is 2.74 bits per heavy atom. The lowest BCUT2D eigenvalue weighted by Crippen LogP contribution is -2.36. The van der Waals surface area contributed by atoms with Crippen LogP contribution in [0.15, 0.2) is 36.5 Å². The second-order valence-corrected chi connectivity index (χ2v) is 6.49. The molecule has 1 saturated heterocycles. The molecule has 8 heteroatoms. The molecular weight excluding hydrogens is 373 g/mol. The molecule has 0 aliphatic carbocycles. The maximum atomic E-state index is 14.1. The van der Waals surface area contributed by atoms with Gasteiger partial charge in [-0.2, -0.15) is 0 Å². The Morgan fingerprint density at radius 1 is 1.19 bits per heavy atom. The van der Waals surface area contributed by atoms with Gasteiger partial charge in [0.15, 0.2) is 5.78 Å². The minimum absolute atomic E-state index is 0.210. The minimum Gasteiger partial charge on any atom is -0.506 e. The van der Waals surface area contributed by atoms with Crippen molar-refractivity contribution in [3.8, 4) is 5.75 Å². The zero-order valence-corrected chi connectivity index (χ0v) is 14.9. The molecule has 0 bridgehead atoms. The molecule has 1 aliphatic heterocycles. The number of halogens is 2. The number of hydrogen-bond acceptors (Lipinski definition) is 6. The Bertz CT molecular complexity index is 1040. The number of morpholine rings is 1. The molecule has 3 aromatic rings. The number of fused-ring (bicyclic) bond motifs is 1. The van der Waals surface area contributed by atoms with Crippen LogP contribution in [0.25, 0.3) is 11.0 Å². The Hall–Kier alpha value is -2.77. The van der Waals surface area contributed by atoms with E-state index in [0.717, 1.165) is 12.1 Å². The van der Waals surface area contributed by atoms with E-state index in [1.807, 2.05) is 0 Å². The van der Waals surface area contributed by atoms with Gasteiger partial charge in [0.25, 0.3) is 0 Å². The minimum atomic E-state index is -0.795. The number of aromatic hydroxyl groups is 1. The fourth-order valence-corrected chi connectivity index (χ4v) is 3.22. The molecule has 2 aromatic carbocycles. The molecule has 4 rings (SSSR count). The Kier molecular flexibility index (Phi) is 4.63. The van der Waals surface area contributed by atoms with Crippen LogP contribution in [0.5, 0.6) is 5.75 Å². The van der Waals surface area contributed by atoms with Gasteiger partial charge in [-0.1, -0.05) is 11.6 Å². The maximum absolute atomic E-state index is 14.1. The van der Waals surface area contributed by atoms with Gasteiger partial charge in [0, 0.05) is 18.7 Å². The molecule has 0 atom stereocenters. The summed E-state index contributed by atoms with van der Waals surface area (Å²) in [5.41, 5.74) is 0.975. The SMILES string of the molecule is O=C(c1ccc2ncc(N3CCOCC3)nc2c1)c1c(F)ccc(O)c1Cl. The number of carbonyl (C=O) groups is 1. The molecule has 0 spiro atoms. The van der Waals surface area contributed by atoms with E-state index in [2.05, 4.69) is 14.9 Å². The monoisotopic (exact) mass is 387 g/mol. The van der Waals surface area contributed by atoms with Crippen LogP contribution in [0.2, 0.25) is 5.02 Å². The topological polar surface area (TPSA) is 75.6 Å². The summed E-state index contributed by atoms with van der Waals surface area (Å²) in [7, 11) is 0. The summed E-state index contributed by atoms with van der Waals surface area (Å²) in [4.78, 5) is 23.8. The quantitative estimate of drug-likeness (QED) is 0.695. The molecule has 1 N–H and O–H groups in total. The van der Waals surface area contributed by atoms with Crippen molar-refractivity contribution in [3.63, 3.8) is 0 Å².